The summed E-state index contributed by atoms with van der Waals surface area (Å²) in [6.45, 7) is 7.14. The quantitative estimate of drug-likeness (QED) is 0.419. The molecule has 4 aromatic rings. The van der Waals surface area contributed by atoms with E-state index in [9.17, 15) is 4.79 Å². The standard InChI is InChI=1S/C25H29N5O2/c1-5-25(3,6-2)18-9-7-17(8-10-18)23-28-24-27-20(15-22(31)30(24)29-23)16-26-19-11-13-21(32-4)14-12-19/h7-15,26H,5-6,16H2,1-4H3,(H,27,28,29). The van der Waals surface area contributed by atoms with Gasteiger partial charge in [0.15, 0.2) is 5.82 Å². The van der Waals surface area contributed by atoms with Crippen LogP contribution >= 0.6 is 0 Å². The average molecular weight is 432 g/mol. The summed E-state index contributed by atoms with van der Waals surface area (Å²) in [4.78, 5) is 21.7. The van der Waals surface area contributed by atoms with Crippen LogP contribution in [0.2, 0.25) is 0 Å². The van der Waals surface area contributed by atoms with E-state index >= 15 is 0 Å². The van der Waals surface area contributed by atoms with Crippen molar-refractivity contribution in [3.8, 4) is 17.1 Å². The molecular formula is C25H29N5O2. The number of hydrogen-bond donors (Lipinski definition) is 2. The monoisotopic (exact) mass is 431 g/mol. The molecule has 2 aromatic heterocycles. The highest BCUT2D eigenvalue weighted by Gasteiger charge is 2.22. The molecule has 7 nitrogen and oxygen atoms in total. The highest BCUT2D eigenvalue weighted by atomic mass is 16.5. The van der Waals surface area contributed by atoms with Crippen LogP contribution in [0.1, 0.15) is 44.9 Å². The maximum absolute atomic E-state index is 12.6. The zero-order chi connectivity index (χ0) is 22.7. The van der Waals surface area contributed by atoms with E-state index in [1.165, 1.54) is 16.1 Å². The first-order chi connectivity index (χ1) is 15.5. The lowest BCUT2D eigenvalue weighted by molar-refractivity contribution is 0.415. The molecule has 0 aliphatic rings. The van der Waals surface area contributed by atoms with Crippen molar-refractivity contribution >= 4 is 11.5 Å². The molecule has 0 atom stereocenters. The van der Waals surface area contributed by atoms with Gasteiger partial charge in [0.05, 0.1) is 19.3 Å². The third-order valence-electron chi connectivity index (χ3n) is 6.36. The fourth-order valence-corrected chi connectivity index (χ4v) is 3.74. The fourth-order valence-electron chi connectivity index (χ4n) is 3.74. The molecule has 0 spiro atoms. The summed E-state index contributed by atoms with van der Waals surface area (Å²) in [7, 11) is 1.63. The molecular weight excluding hydrogens is 402 g/mol. The lowest BCUT2D eigenvalue weighted by atomic mass is 9.78. The van der Waals surface area contributed by atoms with E-state index in [-0.39, 0.29) is 11.0 Å². The Morgan fingerprint density at radius 2 is 1.72 bits per heavy atom. The van der Waals surface area contributed by atoms with Crippen molar-refractivity contribution in [1.82, 2.24) is 19.6 Å². The SMILES string of the molecule is CCC(C)(CC)c1ccc(-c2nc3nc(CNc4ccc(OC)cc4)cc(=O)n3[nH]2)cc1. The predicted molar refractivity (Wildman–Crippen MR) is 127 cm³/mol. The summed E-state index contributed by atoms with van der Waals surface area (Å²) in [6.07, 6.45) is 2.17. The van der Waals surface area contributed by atoms with Crippen LogP contribution in [-0.2, 0) is 12.0 Å². The van der Waals surface area contributed by atoms with Crippen molar-refractivity contribution in [1.29, 1.82) is 0 Å². The molecule has 0 aliphatic carbocycles. The molecule has 32 heavy (non-hydrogen) atoms. The van der Waals surface area contributed by atoms with Gasteiger partial charge in [0.1, 0.15) is 5.75 Å². The van der Waals surface area contributed by atoms with E-state index < -0.39 is 0 Å². The van der Waals surface area contributed by atoms with Crippen LogP contribution in [-0.4, -0.2) is 26.7 Å². The molecule has 2 heterocycles. The van der Waals surface area contributed by atoms with Crippen molar-refractivity contribution in [2.75, 3.05) is 12.4 Å². The molecule has 2 N–H and O–H groups in total. The maximum atomic E-state index is 12.6. The second-order valence-electron chi connectivity index (χ2n) is 8.22. The van der Waals surface area contributed by atoms with E-state index in [0.29, 0.717) is 23.8 Å². The molecule has 0 fully saturated rings. The Labute approximate surface area is 187 Å². The van der Waals surface area contributed by atoms with E-state index in [4.69, 9.17) is 4.74 Å². The van der Waals surface area contributed by atoms with Crippen LogP contribution < -0.4 is 15.6 Å². The minimum absolute atomic E-state index is 0.163. The highest BCUT2D eigenvalue weighted by Crippen LogP contribution is 2.32. The minimum atomic E-state index is -0.193. The van der Waals surface area contributed by atoms with Crippen LogP contribution in [0.15, 0.2) is 59.4 Å². The molecule has 0 unspecified atom stereocenters. The summed E-state index contributed by atoms with van der Waals surface area (Å²) in [5.41, 5.74) is 3.75. The van der Waals surface area contributed by atoms with Gasteiger partial charge in [0, 0.05) is 17.3 Å². The second kappa shape index (κ2) is 8.86. The molecule has 0 saturated carbocycles. The number of anilines is 1. The number of fused-ring (bicyclic) bond motifs is 1. The van der Waals surface area contributed by atoms with Crippen molar-refractivity contribution in [2.24, 2.45) is 0 Å². The Morgan fingerprint density at radius 1 is 1.03 bits per heavy atom. The highest BCUT2D eigenvalue weighted by molar-refractivity contribution is 5.58. The molecule has 0 bridgehead atoms. The number of rotatable bonds is 8. The van der Waals surface area contributed by atoms with Crippen LogP contribution in [0.3, 0.4) is 0 Å². The number of nitrogens with zero attached hydrogens (tertiary/aromatic N) is 3. The van der Waals surface area contributed by atoms with Gasteiger partial charge in [-0.05, 0) is 48.1 Å². The van der Waals surface area contributed by atoms with Gasteiger partial charge in [-0.1, -0.05) is 45.0 Å². The van der Waals surface area contributed by atoms with Gasteiger partial charge in [-0.3, -0.25) is 9.89 Å². The predicted octanol–water partition coefficient (Wildman–Crippen LogP) is 4.78. The Balaban J connectivity index is 1.56. The first-order valence-electron chi connectivity index (χ1n) is 10.9. The van der Waals surface area contributed by atoms with Gasteiger partial charge in [0.2, 0.25) is 0 Å². The van der Waals surface area contributed by atoms with Crippen molar-refractivity contribution in [3.05, 3.63) is 76.2 Å². The lowest BCUT2D eigenvalue weighted by Gasteiger charge is -2.27. The minimum Gasteiger partial charge on any atom is -0.497 e. The van der Waals surface area contributed by atoms with Gasteiger partial charge in [-0.25, -0.2) is 4.98 Å². The third kappa shape index (κ3) is 4.23. The smallest absolute Gasteiger partial charge is 0.274 e. The maximum Gasteiger partial charge on any atom is 0.274 e. The van der Waals surface area contributed by atoms with Crippen LogP contribution in [0.5, 0.6) is 5.75 Å². The number of nitrogens with one attached hydrogen (secondary N) is 2. The lowest BCUT2D eigenvalue weighted by Crippen LogP contribution is -2.19. The first kappa shape index (κ1) is 21.6. The molecule has 0 saturated heterocycles. The first-order valence-corrected chi connectivity index (χ1v) is 10.9. The van der Waals surface area contributed by atoms with E-state index in [1.807, 2.05) is 36.4 Å². The largest absolute Gasteiger partial charge is 0.497 e. The zero-order valence-corrected chi connectivity index (χ0v) is 19.0. The van der Waals surface area contributed by atoms with E-state index in [0.717, 1.165) is 29.8 Å². The van der Waals surface area contributed by atoms with E-state index in [1.54, 1.807) is 7.11 Å². The number of aromatic nitrogens is 4. The molecule has 0 radical (unpaired) electrons. The molecule has 2 aromatic carbocycles. The number of methoxy groups -OCH3 is 1. The molecule has 4 rings (SSSR count). The van der Waals surface area contributed by atoms with E-state index in [2.05, 4.69) is 53.3 Å². The normalized spacial score (nSPS) is 11.6. The number of H-pyrrole nitrogens is 1. The fraction of sp³-hybridized carbons (Fsp3) is 0.320. The van der Waals surface area contributed by atoms with Crippen LogP contribution in [0, 0.1) is 0 Å². The second-order valence-corrected chi connectivity index (χ2v) is 8.22. The Hall–Kier alpha value is -3.61. The number of hydrogen-bond acceptors (Lipinski definition) is 5. The van der Waals surface area contributed by atoms with Crippen molar-refractivity contribution in [3.63, 3.8) is 0 Å². The number of aromatic amines is 1. The van der Waals surface area contributed by atoms with Crippen LogP contribution in [0.25, 0.3) is 17.2 Å². The number of benzene rings is 2. The Morgan fingerprint density at radius 3 is 2.34 bits per heavy atom. The van der Waals surface area contributed by atoms with Gasteiger partial charge < -0.3 is 10.1 Å². The third-order valence-corrected chi connectivity index (χ3v) is 6.36. The summed E-state index contributed by atoms with van der Waals surface area (Å²) in [6, 6.07) is 17.5. The molecule has 166 valence electrons. The molecule has 0 aliphatic heterocycles. The van der Waals surface area contributed by atoms with Crippen molar-refractivity contribution in [2.45, 2.75) is 45.6 Å². The zero-order valence-electron chi connectivity index (χ0n) is 19.0. The summed E-state index contributed by atoms with van der Waals surface area (Å²) < 4.78 is 6.55. The Bertz CT molecular complexity index is 1250. The average Bonchev–Trinajstić information content (AvgIpc) is 3.27. The van der Waals surface area contributed by atoms with Gasteiger partial charge in [-0.15, -0.1) is 0 Å². The Kier molecular flexibility index (Phi) is 5.99. The molecule has 7 heteroatoms. The summed E-state index contributed by atoms with van der Waals surface area (Å²) in [5, 5.41) is 6.35. The van der Waals surface area contributed by atoms with Gasteiger partial charge in [0.25, 0.3) is 11.3 Å². The van der Waals surface area contributed by atoms with Gasteiger partial charge >= 0.3 is 0 Å². The summed E-state index contributed by atoms with van der Waals surface area (Å²) in [5.74, 6) is 1.77. The summed E-state index contributed by atoms with van der Waals surface area (Å²) >= 11 is 0. The number of ether oxygens (including phenoxy) is 1. The topological polar surface area (TPSA) is 84.3 Å². The van der Waals surface area contributed by atoms with Crippen molar-refractivity contribution < 1.29 is 4.74 Å². The van der Waals surface area contributed by atoms with Gasteiger partial charge in [-0.2, -0.15) is 9.50 Å². The molecule has 0 amide bonds. The van der Waals surface area contributed by atoms with Crippen LogP contribution in [0.4, 0.5) is 5.69 Å².